The molecule has 2 aromatic carbocycles. The minimum Gasteiger partial charge on any atom is -0.298 e. The molecule has 3 rings (SSSR count). The van der Waals surface area contributed by atoms with Crippen molar-refractivity contribution in [3.8, 4) is 0 Å². The fraction of sp³-hybridized carbons (Fsp3) is 0.154. The van der Waals surface area contributed by atoms with Gasteiger partial charge >= 0.3 is 0 Å². The van der Waals surface area contributed by atoms with Gasteiger partial charge in [0.2, 0.25) is 0 Å². The summed E-state index contributed by atoms with van der Waals surface area (Å²) in [6, 6.07) is 10.3. The Balaban J connectivity index is 2.53. The lowest BCUT2D eigenvalue weighted by molar-refractivity contribution is 0.112. The lowest BCUT2D eigenvalue weighted by atomic mass is 10.0. The van der Waals surface area contributed by atoms with Gasteiger partial charge in [0.1, 0.15) is 0 Å². The molecule has 1 aliphatic carbocycles. The van der Waals surface area contributed by atoms with Crippen LogP contribution in [0.5, 0.6) is 0 Å². The second kappa shape index (κ2) is 2.68. The van der Waals surface area contributed by atoms with E-state index >= 15 is 0 Å². The molecule has 0 saturated heterocycles. The molecule has 2 aromatic rings. The first kappa shape index (κ1) is 7.74. The van der Waals surface area contributed by atoms with E-state index in [9.17, 15) is 4.79 Å². The van der Waals surface area contributed by atoms with Gasteiger partial charge in [-0.05, 0) is 34.7 Å². The largest absolute Gasteiger partial charge is 0.298 e. The average Bonchev–Trinajstić information content (AvgIpc) is 2.65. The summed E-state index contributed by atoms with van der Waals surface area (Å²) in [7, 11) is 0. The zero-order valence-corrected chi connectivity index (χ0v) is 7.79. The zero-order chi connectivity index (χ0) is 9.54. The van der Waals surface area contributed by atoms with Crippen LogP contribution in [0.15, 0.2) is 30.3 Å². The molecule has 1 aliphatic rings. The van der Waals surface area contributed by atoms with Crippen molar-refractivity contribution < 1.29 is 4.79 Å². The van der Waals surface area contributed by atoms with E-state index in [2.05, 4.69) is 12.1 Å². The van der Waals surface area contributed by atoms with Crippen LogP contribution in [0.4, 0.5) is 0 Å². The summed E-state index contributed by atoms with van der Waals surface area (Å²) in [4.78, 5) is 10.9. The number of carbonyl (C=O) groups is 1. The average molecular weight is 182 g/mol. The quantitative estimate of drug-likeness (QED) is 0.620. The molecule has 1 heteroatoms. The van der Waals surface area contributed by atoms with Crippen LogP contribution < -0.4 is 0 Å². The predicted molar refractivity (Wildman–Crippen MR) is 56.7 cm³/mol. The maximum Gasteiger partial charge on any atom is 0.150 e. The molecule has 0 heterocycles. The van der Waals surface area contributed by atoms with Crippen LogP contribution in [0.25, 0.3) is 10.8 Å². The van der Waals surface area contributed by atoms with Gasteiger partial charge in [0.15, 0.2) is 6.29 Å². The number of benzene rings is 2. The van der Waals surface area contributed by atoms with E-state index in [1.807, 2.05) is 18.2 Å². The van der Waals surface area contributed by atoms with Gasteiger partial charge in [-0.3, -0.25) is 4.79 Å². The molecule has 0 aliphatic heterocycles. The van der Waals surface area contributed by atoms with Crippen molar-refractivity contribution >= 4 is 17.1 Å². The van der Waals surface area contributed by atoms with Gasteiger partial charge in [0.25, 0.3) is 0 Å². The zero-order valence-electron chi connectivity index (χ0n) is 7.79. The van der Waals surface area contributed by atoms with Crippen LogP contribution in [0.1, 0.15) is 21.5 Å². The van der Waals surface area contributed by atoms with E-state index in [1.54, 1.807) is 0 Å². The molecule has 0 radical (unpaired) electrons. The number of hydrogen-bond acceptors (Lipinski definition) is 1. The minimum atomic E-state index is 0.813. The number of carbonyl (C=O) groups excluding carboxylic acids is 1. The van der Waals surface area contributed by atoms with Gasteiger partial charge in [-0.2, -0.15) is 0 Å². The fourth-order valence-corrected chi connectivity index (χ4v) is 2.37. The maximum atomic E-state index is 10.9. The van der Waals surface area contributed by atoms with Crippen molar-refractivity contribution in [2.24, 2.45) is 0 Å². The molecule has 14 heavy (non-hydrogen) atoms. The lowest BCUT2D eigenvalue weighted by Crippen LogP contribution is -1.85. The molecule has 0 spiro atoms. The Morgan fingerprint density at radius 1 is 1.00 bits per heavy atom. The molecule has 0 saturated carbocycles. The summed E-state index contributed by atoms with van der Waals surface area (Å²) in [6.07, 6.45) is 3.19. The third kappa shape index (κ3) is 0.869. The van der Waals surface area contributed by atoms with Gasteiger partial charge in [0, 0.05) is 5.56 Å². The van der Waals surface area contributed by atoms with Crippen molar-refractivity contribution in [3.05, 3.63) is 47.0 Å². The first-order valence-corrected chi connectivity index (χ1v) is 4.89. The Bertz CT molecular complexity index is 516. The van der Waals surface area contributed by atoms with E-state index in [1.165, 1.54) is 16.5 Å². The summed E-state index contributed by atoms with van der Waals surface area (Å²) in [5.74, 6) is 0. The van der Waals surface area contributed by atoms with Gasteiger partial charge < -0.3 is 0 Å². The Labute approximate surface area is 82.4 Å². The highest BCUT2D eigenvalue weighted by Crippen LogP contribution is 2.31. The van der Waals surface area contributed by atoms with Crippen molar-refractivity contribution in [3.63, 3.8) is 0 Å². The lowest BCUT2D eigenvalue weighted by Gasteiger charge is -2.03. The van der Waals surface area contributed by atoms with Gasteiger partial charge in [-0.25, -0.2) is 0 Å². The van der Waals surface area contributed by atoms with Crippen LogP contribution in [0, 0.1) is 0 Å². The van der Waals surface area contributed by atoms with Crippen molar-refractivity contribution in [1.82, 2.24) is 0 Å². The number of rotatable bonds is 1. The molecular formula is C13H10O. The highest BCUT2D eigenvalue weighted by Gasteiger charge is 2.14. The smallest absolute Gasteiger partial charge is 0.150 e. The molecular weight excluding hydrogens is 172 g/mol. The molecule has 0 bridgehead atoms. The molecule has 0 amide bonds. The molecule has 0 atom stereocenters. The molecule has 0 unspecified atom stereocenters. The van der Waals surface area contributed by atoms with Crippen LogP contribution in [-0.2, 0) is 12.8 Å². The Morgan fingerprint density at radius 2 is 1.79 bits per heavy atom. The van der Waals surface area contributed by atoms with Crippen molar-refractivity contribution in [1.29, 1.82) is 0 Å². The third-order valence-corrected chi connectivity index (χ3v) is 3.04. The Hall–Kier alpha value is -1.63. The third-order valence-electron chi connectivity index (χ3n) is 3.04. The highest BCUT2D eigenvalue weighted by atomic mass is 16.1. The number of aldehydes is 1. The minimum absolute atomic E-state index is 0.813. The van der Waals surface area contributed by atoms with Gasteiger partial charge in [0.05, 0.1) is 0 Å². The normalized spacial score (nSPS) is 13.4. The summed E-state index contributed by atoms with van der Waals surface area (Å²) < 4.78 is 0. The Morgan fingerprint density at radius 3 is 2.57 bits per heavy atom. The van der Waals surface area contributed by atoms with Gasteiger partial charge in [-0.1, -0.05) is 30.3 Å². The highest BCUT2D eigenvalue weighted by molar-refractivity contribution is 6.01. The van der Waals surface area contributed by atoms with E-state index < -0.39 is 0 Å². The number of aryl methyl sites for hydroxylation is 2. The standard InChI is InChI=1S/C13H10O/c14-8-11-7-6-10-5-4-9-2-1-3-12(11)13(9)10/h1-3,6-8H,4-5H2. The second-order valence-corrected chi connectivity index (χ2v) is 3.77. The molecule has 0 fully saturated rings. The van der Waals surface area contributed by atoms with Gasteiger partial charge in [-0.15, -0.1) is 0 Å². The topological polar surface area (TPSA) is 17.1 Å². The predicted octanol–water partition coefficient (Wildman–Crippen LogP) is 2.75. The first-order chi connectivity index (χ1) is 6.90. The second-order valence-electron chi connectivity index (χ2n) is 3.77. The molecule has 68 valence electrons. The molecule has 0 aromatic heterocycles. The maximum absolute atomic E-state index is 10.9. The molecule has 0 N–H and O–H groups in total. The fourth-order valence-electron chi connectivity index (χ4n) is 2.37. The van der Waals surface area contributed by atoms with Crippen molar-refractivity contribution in [2.75, 3.05) is 0 Å². The van der Waals surface area contributed by atoms with E-state index in [4.69, 9.17) is 0 Å². The van der Waals surface area contributed by atoms with Crippen LogP contribution in [-0.4, -0.2) is 6.29 Å². The van der Waals surface area contributed by atoms with E-state index in [0.29, 0.717) is 0 Å². The molecule has 1 nitrogen and oxygen atoms in total. The summed E-state index contributed by atoms with van der Waals surface area (Å²) in [6.45, 7) is 0. The van der Waals surface area contributed by atoms with Crippen LogP contribution in [0.2, 0.25) is 0 Å². The van der Waals surface area contributed by atoms with Crippen LogP contribution >= 0.6 is 0 Å². The van der Waals surface area contributed by atoms with Crippen molar-refractivity contribution in [2.45, 2.75) is 12.8 Å². The first-order valence-electron chi connectivity index (χ1n) is 4.89. The SMILES string of the molecule is O=Cc1ccc2c3c(cccc13)CC2. The summed E-state index contributed by atoms with van der Waals surface area (Å²) >= 11 is 0. The number of hydrogen-bond donors (Lipinski definition) is 0. The summed E-state index contributed by atoms with van der Waals surface area (Å²) in [5.41, 5.74) is 3.59. The summed E-state index contributed by atoms with van der Waals surface area (Å²) in [5, 5.41) is 2.43. The van der Waals surface area contributed by atoms with Crippen LogP contribution in [0.3, 0.4) is 0 Å². The van der Waals surface area contributed by atoms with E-state index in [-0.39, 0.29) is 0 Å². The monoisotopic (exact) mass is 182 g/mol. The van der Waals surface area contributed by atoms with E-state index in [0.717, 1.165) is 30.1 Å². The Kier molecular flexibility index (Phi) is 1.48.